The van der Waals surface area contributed by atoms with Crippen LogP contribution in [0, 0.1) is 13.8 Å². The van der Waals surface area contributed by atoms with E-state index in [9.17, 15) is 4.79 Å². The monoisotopic (exact) mass is 439 g/mol. The van der Waals surface area contributed by atoms with Crippen LogP contribution in [0.15, 0.2) is 72.8 Å². The molecule has 1 saturated heterocycles. The van der Waals surface area contributed by atoms with Gasteiger partial charge in [0.1, 0.15) is 11.6 Å². The average Bonchev–Trinajstić information content (AvgIpc) is 3.37. The fraction of sp³-hybridized carbons (Fsp3) is 0.286. The molecule has 1 aromatic heterocycles. The van der Waals surface area contributed by atoms with E-state index in [1.165, 1.54) is 5.56 Å². The van der Waals surface area contributed by atoms with Crippen LogP contribution in [0.1, 0.15) is 35.7 Å². The third-order valence-electron chi connectivity index (χ3n) is 6.36. The number of hydrogen-bond donors (Lipinski definition) is 0. The molecule has 1 amide bonds. The van der Waals surface area contributed by atoms with Crippen LogP contribution >= 0.6 is 0 Å². The minimum absolute atomic E-state index is 0.0715. The van der Waals surface area contributed by atoms with E-state index < -0.39 is 0 Å². The lowest BCUT2D eigenvalue weighted by atomic mass is 10.1. The number of benzene rings is 3. The zero-order valence-corrected chi connectivity index (χ0v) is 19.2. The molecule has 4 aromatic rings. The third kappa shape index (κ3) is 4.36. The van der Waals surface area contributed by atoms with Gasteiger partial charge in [-0.2, -0.15) is 0 Å². The summed E-state index contributed by atoms with van der Waals surface area (Å²) in [6, 6.07) is 24.5. The number of fused-ring (bicyclic) bond motifs is 1. The van der Waals surface area contributed by atoms with E-state index >= 15 is 0 Å². The van der Waals surface area contributed by atoms with Crippen molar-refractivity contribution in [1.82, 2.24) is 9.55 Å². The van der Waals surface area contributed by atoms with Crippen LogP contribution in [-0.4, -0.2) is 28.6 Å². The van der Waals surface area contributed by atoms with Crippen LogP contribution in [0.5, 0.6) is 5.75 Å². The van der Waals surface area contributed by atoms with Crippen molar-refractivity contribution in [3.8, 4) is 5.75 Å². The molecule has 3 aromatic carbocycles. The Labute approximate surface area is 194 Å². The molecule has 2 heterocycles. The van der Waals surface area contributed by atoms with Crippen LogP contribution in [-0.2, 0) is 11.3 Å². The summed E-state index contributed by atoms with van der Waals surface area (Å²) >= 11 is 0. The van der Waals surface area contributed by atoms with Crippen molar-refractivity contribution < 1.29 is 9.53 Å². The summed E-state index contributed by atoms with van der Waals surface area (Å²) in [7, 11) is 0. The van der Waals surface area contributed by atoms with Gasteiger partial charge in [0, 0.05) is 31.1 Å². The molecule has 33 heavy (non-hydrogen) atoms. The predicted octanol–water partition coefficient (Wildman–Crippen LogP) is 5.64. The number of carbonyl (C=O) groups excluding carboxylic acids is 1. The van der Waals surface area contributed by atoms with Crippen molar-refractivity contribution in [2.24, 2.45) is 0 Å². The van der Waals surface area contributed by atoms with E-state index in [0.717, 1.165) is 46.8 Å². The first kappa shape index (κ1) is 21.3. The molecule has 5 rings (SSSR count). The average molecular weight is 440 g/mol. The Morgan fingerprint density at radius 2 is 1.82 bits per heavy atom. The van der Waals surface area contributed by atoms with Gasteiger partial charge in [0.2, 0.25) is 5.91 Å². The molecule has 168 valence electrons. The maximum atomic E-state index is 13.0. The van der Waals surface area contributed by atoms with Crippen LogP contribution in [0.4, 0.5) is 5.69 Å². The summed E-state index contributed by atoms with van der Waals surface area (Å²) in [6.07, 6.45) is 1.35. The lowest BCUT2D eigenvalue weighted by Crippen LogP contribution is -2.25. The van der Waals surface area contributed by atoms with Crippen LogP contribution in [0.2, 0.25) is 0 Å². The lowest BCUT2D eigenvalue weighted by Gasteiger charge is -2.19. The van der Waals surface area contributed by atoms with Crippen LogP contribution in [0.3, 0.4) is 0 Å². The van der Waals surface area contributed by atoms with E-state index in [1.807, 2.05) is 47.4 Å². The van der Waals surface area contributed by atoms with Gasteiger partial charge in [-0.05, 0) is 61.7 Å². The molecule has 5 nitrogen and oxygen atoms in total. The number of amides is 1. The van der Waals surface area contributed by atoms with Gasteiger partial charge in [-0.25, -0.2) is 4.98 Å². The van der Waals surface area contributed by atoms with Crippen molar-refractivity contribution in [2.75, 3.05) is 18.1 Å². The SMILES string of the molecule is Cc1cccc(OCCCn2c(C3CC(=O)N(c4ccccc4C)C3)nc3ccccc32)c1. The summed E-state index contributed by atoms with van der Waals surface area (Å²) in [5.74, 6) is 2.13. The highest BCUT2D eigenvalue weighted by Gasteiger charge is 2.35. The van der Waals surface area contributed by atoms with Gasteiger partial charge in [0.05, 0.1) is 17.6 Å². The van der Waals surface area contributed by atoms with Crippen molar-refractivity contribution in [3.05, 3.63) is 89.7 Å². The highest BCUT2D eigenvalue weighted by molar-refractivity contribution is 5.97. The van der Waals surface area contributed by atoms with Gasteiger partial charge in [0.25, 0.3) is 0 Å². The highest BCUT2D eigenvalue weighted by atomic mass is 16.5. The standard InChI is InChI=1S/C28H29N3O2/c1-20-9-7-11-23(17-20)33-16-8-15-30-26-14-6-4-12-24(26)29-28(30)22-18-27(32)31(19-22)25-13-5-3-10-21(25)2/h3-7,9-14,17,22H,8,15-16,18-19H2,1-2H3. The van der Waals surface area contributed by atoms with E-state index in [1.54, 1.807) is 0 Å². The summed E-state index contributed by atoms with van der Waals surface area (Å²) in [6.45, 7) is 6.22. The number of hydrogen-bond acceptors (Lipinski definition) is 3. The predicted molar refractivity (Wildman–Crippen MR) is 132 cm³/mol. The van der Waals surface area contributed by atoms with Gasteiger partial charge >= 0.3 is 0 Å². The van der Waals surface area contributed by atoms with Crippen molar-refractivity contribution in [3.63, 3.8) is 0 Å². The second kappa shape index (κ2) is 9.10. The molecule has 0 bridgehead atoms. The number of anilines is 1. The molecule has 0 spiro atoms. The maximum absolute atomic E-state index is 13.0. The fourth-order valence-corrected chi connectivity index (χ4v) is 4.74. The smallest absolute Gasteiger partial charge is 0.227 e. The summed E-state index contributed by atoms with van der Waals surface area (Å²) < 4.78 is 8.26. The van der Waals surface area contributed by atoms with E-state index in [4.69, 9.17) is 9.72 Å². The number of aryl methyl sites for hydroxylation is 3. The Hall–Kier alpha value is -3.60. The first-order valence-electron chi connectivity index (χ1n) is 11.6. The Balaban J connectivity index is 1.36. The van der Waals surface area contributed by atoms with E-state index in [2.05, 4.69) is 48.7 Å². The zero-order chi connectivity index (χ0) is 22.8. The van der Waals surface area contributed by atoms with Gasteiger partial charge in [-0.1, -0.05) is 42.5 Å². The second-order valence-electron chi connectivity index (χ2n) is 8.82. The normalized spacial score (nSPS) is 16.0. The number of imidazole rings is 1. The number of para-hydroxylation sites is 3. The number of carbonyl (C=O) groups is 1. The topological polar surface area (TPSA) is 47.4 Å². The second-order valence-corrected chi connectivity index (χ2v) is 8.82. The molecule has 1 atom stereocenters. The molecule has 0 saturated carbocycles. The maximum Gasteiger partial charge on any atom is 0.227 e. The molecule has 1 aliphatic heterocycles. The highest BCUT2D eigenvalue weighted by Crippen LogP contribution is 2.34. The molecule has 1 unspecified atom stereocenters. The molecule has 0 aliphatic carbocycles. The van der Waals surface area contributed by atoms with Crippen molar-refractivity contribution in [1.29, 1.82) is 0 Å². The third-order valence-corrected chi connectivity index (χ3v) is 6.36. The molecule has 1 fully saturated rings. The first-order valence-corrected chi connectivity index (χ1v) is 11.6. The summed E-state index contributed by atoms with van der Waals surface area (Å²) in [4.78, 5) is 19.8. The summed E-state index contributed by atoms with van der Waals surface area (Å²) in [5.41, 5.74) is 5.41. The zero-order valence-electron chi connectivity index (χ0n) is 19.2. The van der Waals surface area contributed by atoms with Crippen LogP contribution < -0.4 is 9.64 Å². The largest absolute Gasteiger partial charge is 0.494 e. The van der Waals surface area contributed by atoms with Gasteiger partial charge < -0.3 is 14.2 Å². The Morgan fingerprint density at radius 1 is 1.00 bits per heavy atom. The Bertz CT molecular complexity index is 1290. The van der Waals surface area contributed by atoms with Crippen LogP contribution in [0.25, 0.3) is 11.0 Å². The minimum atomic E-state index is 0.0715. The fourth-order valence-electron chi connectivity index (χ4n) is 4.74. The molecular formula is C28H29N3O2. The quantitative estimate of drug-likeness (QED) is 0.350. The molecule has 0 N–H and O–H groups in total. The van der Waals surface area contributed by atoms with E-state index in [0.29, 0.717) is 19.6 Å². The molecule has 5 heteroatoms. The lowest BCUT2D eigenvalue weighted by molar-refractivity contribution is -0.117. The number of ether oxygens (including phenoxy) is 1. The molecule has 0 radical (unpaired) electrons. The molecule has 1 aliphatic rings. The number of rotatable bonds is 7. The molecular weight excluding hydrogens is 410 g/mol. The minimum Gasteiger partial charge on any atom is -0.494 e. The Kier molecular flexibility index (Phi) is 5.86. The first-order chi connectivity index (χ1) is 16.1. The number of nitrogens with zero attached hydrogens (tertiary/aromatic N) is 3. The van der Waals surface area contributed by atoms with Gasteiger partial charge in [0.15, 0.2) is 0 Å². The van der Waals surface area contributed by atoms with E-state index in [-0.39, 0.29) is 11.8 Å². The van der Waals surface area contributed by atoms with Gasteiger partial charge in [-0.3, -0.25) is 4.79 Å². The number of aromatic nitrogens is 2. The van der Waals surface area contributed by atoms with Gasteiger partial charge in [-0.15, -0.1) is 0 Å². The summed E-state index contributed by atoms with van der Waals surface area (Å²) in [5, 5.41) is 0. The Morgan fingerprint density at radius 3 is 2.67 bits per heavy atom. The van der Waals surface area contributed by atoms with Crippen molar-refractivity contribution in [2.45, 2.75) is 39.2 Å². The van der Waals surface area contributed by atoms with Crippen molar-refractivity contribution >= 4 is 22.6 Å².